The first-order chi connectivity index (χ1) is 9.96. The summed E-state index contributed by atoms with van der Waals surface area (Å²) in [6, 6.07) is 14.1. The van der Waals surface area contributed by atoms with Crippen LogP contribution >= 0.6 is 0 Å². The van der Waals surface area contributed by atoms with Gasteiger partial charge in [-0.2, -0.15) is 0 Å². The molecular weight excluding hydrogens is 262 g/mol. The van der Waals surface area contributed by atoms with Crippen LogP contribution in [0.5, 0.6) is 0 Å². The van der Waals surface area contributed by atoms with Gasteiger partial charge in [-0.05, 0) is 42.7 Å². The van der Waals surface area contributed by atoms with Gasteiger partial charge in [0.2, 0.25) is 0 Å². The molecule has 0 fully saturated rings. The van der Waals surface area contributed by atoms with Gasteiger partial charge in [-0.3, -0.25) is 0 Å². The minimum Gasteiger partial charge on any atom is -0.394 e. The Morgan fingerprint density at radius 3 is 2.38 bits per heavy atom. The molecule has 2 rings (SSSR count). The highest BCUT2D eigenvalue weighted by atomic mass is 16.3. The van der Waals surface area contributed by atoms with E-state index in [9.17, 15) is 10.2 Å². The largest absolute Gasteiger partial charge is 0.394 e. The fourth-order valence-electron chi connectivity index (χ4n) is 2.58. The topological polar surface area (TPSA) is 52.5 Å². The van der Waals surface area contributed by atoms with Crippen molar-refractivity contribution in [3.8, 4) is 0 Å². The number of aliphatic hydroxyl groups is 2. The maximum absolute atomic E-state index is 10.7. The highest BCUT2D eigenvalue weighted by Crippen LogP contribution is 2.24. The van der Waals surface area contributed by atoms with Crippen LogP contribution in [0, 0.1) is 0 Å². The van der Waals surface area contributed by atoms with Crippen LogP contribution in [0.15, 0.2) is 42.5 Å². The van der Waals surface area contributed by atoms with Gasteiger partial charge in [0.25, 0.3) is 0 Å². The van der Waals surface area contributed by atoms with Crippen molar-refractivity contribution in [2.24, 2.45) is 0 Å². The second-order valence-electron chi connectivity index (χ2n) is 6.25. The normalized spacial score (nSPS) is 15.1. The minimum absolute atomic E-state index is 0.0357. The summed E-state index contributed by atoms with van der Waals surface area (Å²) in [7, 11) is 0. The smallest absolute Gasteiger partial charge is 0.0943 e. The Morgan fingerprint density at radius 1 is 1.10 bits per heavy atom. The summed E-state index contributed by atoms with van der Waals surface area (Å²) in [5.41, 5.74) is 0.500. The summed E-state index contributed by atoms with van der Waals surface area (Å²) < 4.78 is 0. The first-order valence-electron chi connectivity index (χ1n) is 7.52. The van der Waals surface area contributed by atoms with Crippen molar-refractivity contribution < 1.29 is 10.2 Å². The van der Waals surface area contributed by atoms with Crippen molar-refractivity contribution in [2.45, 2.75) is 44.9 Å². The molecule has 2 aromatic rings. The first kappa shape index (κ1) is 16.0. The van der Waals surface area contributed by atoms with E-state index in [-0.39, 0.29) is 12.6 Å². The Labute approximate surface area is 126 Å². The van der Waals surface area contributed by atoms with Crippen LogP contribution in [0.2, 0.25) is 0 Å². The van der Waals surface area contributed by atoms with Crippen LogP contribution in [-0.4, -0.2) is 28.4 Å². The molecule has 0 saturated heterocycles. The third kappa shape index (κ3) is 3.82. The molecule has 0 aliphatic carbocycles. The van der Waals surface area contributed by atoms with Gasteiger partial charge in [0.05, 0.1) is 12.7 Å². The van der Waals surface area contributed by atoms with Crippen LogP contribution < -0.4 is 5.32 Å². The number of fused-ring (bicyclic) bond motifs is 1. The number of rotatable bonds is 6. The molecule has 0 amide bonds. The zero-order valence-corrected chi connectivity index (χ0v) is 13.0. The highest BCUT2D eigenvalue weighted by molar-refractivity contribution is 5.83. The zero-order chi connectivity index (χ0) is 15.5. The molecule has 2 atom stereocenters. The van der Waals surface area contributed by atoms with Crippen molar-refractivity contribution in [1.82, 2.24) is 5.32 Å². The third-order valence-corrected chi connectivity index (χ3v) is 3.91. The van der Waals surface area contributed by atoms with E-state index in [2.05, 4.69) is 17.4 Å². The highest BCUT2D eigenvalue weighted by Gasteiger charge is 2.26. The summed E-state index contributed by atoms with van der Waals surface area (Å²) in [6.07, 6.45) is 0.197. The lowest BCUT2D eigenvalue weighted by molar-refractivity contribution is 0.0900. The van der Waals surface area contributed by atoms with E-state index in [1.165, 1.54) is 5.39 Å². The van der Waals surface area contributed by atoms with Crippen molar-refractivity contribution >= 4 is 10.8 Å². The number of nitrogens with one attached hydrogen (secondary N) is 1. The molecule has 0 aliphatic heterocycles. The van der Waals surface area contributed by atoms with Crippen molar-refractivity contribution in [2.75, 3.05) is 6.61 Å². The Kier molecular flexibility index (Phi) is 4.99. The first-order valence-corrected chi connectivity index (χ1v) is 7.52. The summed E-state index contributed by atoms with van der Waals surface area (Å²) in [4.78, 5) is 0. The van der Waals surface area contributed by atoms with Crippen LogP contribution in [0.3, 0.4) is 0 Å². The molecule has 0 spiro atoms. The summed E-state index contributed by atoms with van der Waals surface area (Å²) in [5, 5.41) is 25.7. The predicted molar refractivity (Wildman–Crippen MR) is 87.3 cm³/mol. The van der Waals surface area contributed by atoms with Crippen molar-refractivity contribution in [1.29, 1.82) is 0 Å². The van der Waals surface area contributed by atoms with Gasteiger partial charge in [-0.25, -0.2) is 0 Å². The fraction of sp³-hybridized carbons (Fsp3) is 0.444. The quantitative estimate of drug-likeness (QED) is 0.765. The zero-order valence-electron chi connectivity index (χ0n) is 13.0. The molecular formula is C18H25NO2. The second-order valence-corrected chi connectivity index (χ2v) is 6.25. The Bertz CT molecular complexity index is 595. The van der Waals surface area contributed by atoms with Gasteiger partial charge in [0, 0.05) is 11.6 Å². The standard InChI is InChI=1S/C18H25NO2/c1-4-16(19-18(2,3)12-20)17(21)15-10-9-13-7-5-6-8-14(13)11-15/h5-11,16-17,19-21H,4,12H2,1-3H3. The van der Waals surface area contributed by atoms with E-state index in [0.29, 0.717) is 0 Å². The Hall–Kier alpha value is -1.42. The fourth-order valence-corrected chi connectivity index (χ4v) is 2.58. The lowest BCUT2D eigenvalue weighted by Crippen LogP contribution is -2.50. The molecule has 3 nitrogen and oxygen atoms in total. The maximum atomic E-state index is 10.7. The summed E-state index contributed by atoms with van der Waals surface area (Å²) in [5.74, 6) is 0. The van der Waals surface area contributed by atoms with Crippen LogP contribution in [0.25, 0.3) is 10.8 Å². The lowest BCUT2D eigenvalue weighted by Gasteiger charge is -2.32. The molecule has 0 bridgehead atoms. The maximum Gasteiger partial charge on any atom is 0.0943 e. The Balaban J connectivity index is 2.24. The van der Waals surface area contributed by atoms with Gasteiger partial charge in [-0.15, -0.1) is 0 Å². The molecule has 114 valence electrons. The van der Waals surface area contributed by atoms with Gasteiger partial charge in [-0.1, -0.05) is 43.3 Å². The number of hydrogen-bond donors (Lipinski definition) is 3. The van der Waals surface area contributed by atoms with Gasteiger partial charge >= 0.3 is 0 Å². The van der Waals surface area contributed by atoms with E-state index in [0.717, 1.165) is 17.4 Å². The predicted octanol–water partition coefficient (Wildman–Crippen LogP) is 3.01. The van der Waals surface area contributed by atoms with E-state index in [4.69, 9.17) is 0 Å². The number of benzene rings is 2. The van der Waals surface area contributed by atoms with Crippen LogP contribution in [0.1, 0.15) is 38.9 Å². The molecule has 0 saturated carbocycles. The van der Waals surface area contributed by atoms with Gasteiger partial charge in [0.15, 0.2) is 0 Å². The van der Waals surface area contributed by atoms with Crippen molar-refractivity contribution in [3.63, 3.8) is 0 Å². The molecule has 0 heterocycles. The molecule has 2 aromatic carbocycles. The summed E-state index contributed by atoms with van der Waals surface area (Å²) >= 11 is 0. The molecule has 0 aliphatic rings. The van der Waals surface area contributed by atoms with Gasteiger partial charge in [0.1, 0.15) is 0 Å². The molecule has 0 radical (unpaired) electrons. The lowest BCUT2D eigenvalue weighted by atomic mass is 9.95. The molecule has 0 aromatic heterocycles. The average molecular weight is 287 g/mol. The SMILES string of the molecule is CCC(NC(C)(C)CO)C(O)c1ccc2ccccc2c1. The number of aliphatic hydroxyl groups excluding tert-OH is 2. The van der Waals surface area contributed by atoms with Crippen molar-refractivity contribution in [3.05, 3.63) is 48.0 Å². The van der Waals surface area contributed by atoms with E-state index >= 15 is 0 Å². The van der Waals surface area contributed by atoms with Crippen LogP contribution in [0.4, 0.5) is 0 Å². The van der Waals surface area contributed by atoms with E-state index in [1.54, 1.807) is 0 Å². The van der Waals surface area contributed by atoms with Crippen LogP contribution in [-0.2, 0) is 0 Å². The van der Waals surface area contributed by atoms with E-state index in [1.807, 2.05) is 51.1 Å². The second kappa shape index (κ2) is 6.56. The van der Waals surface area contributed by atoms with Gasteiger partial charge < -0.3 is 15.5 Å². The average Bonchev–Trinajstić information content (AvgIpc) is 2.51. The minimum atomic E-state index is -0.592. The monoisotopic (exact) mass is 287 g/mol. The molecule has 2 unspecified atom stereocenters. The molecule has 21 heavy (non-hydrogen) atoms. The third-order valence-electron chi connectivity index (χ3n) is 3.91. The molecule has 3 N–H and O–H groups in total. The summed E-state index contributed by atoms with van der Waals surface area (Å²) in [6.45, 7) is 5.94. The van der Waals surface area contributed by atoms with E-state index < -0.39 is 11.6 Å². The molecule has 3 heteroatoms. The Morgan fingerprint density at radius 2 is 1.76 bits per heavy atom. The number of hydrogen-bond acceptors (Lipinski definition) is 3.